The van der Waals surface area contributed by atoms with Crippen LogP contribution in [0.3, 0.4) is 0 Å². The minimum absolute atomic E-state index is 0. The van der Waals surface area contributed by atoms with Crippen molar-refractivity contribution in [2.45, 2.75) is 38.7 Å². The van der Waals surface area contributed by atoms with E-state index in [2.05, 4.69) is 5.32 Å². The standard InChI is InChI=1S/C25H27N3O5.2ClH/c1-2-21(29)25(30)33-23-13-19(31-20-9-10-28-14-20)7-4-15(23)3-6-18-12-17-11-16(24(26)27)5-8-22(17)32-18;;/h4-5,7-8,11-13,20,28H,2-3,6,9-10,14H2,1H3,(H3,26,27);2*1H/t20-;;/m0../s1. The number of Topliss-reactive ketones (excluding diaryl/α,β-unsaturated/α-hetero) is 1. The lowest BCUT2D eigenvalue weighted by atomic mass is 10.1. The number of nitrogens with one attached hydrogen (secondary N) is 2. The molecule has 4 N–H and O–H groups in total. The van der Waals surface area contributed by atoms with Crippen LogP contribution in [0.25, 0.3) is 11.0 Å². The molecular weight excluding hydrogens is 493 g/mol. The summed E-state index contributed by atoms with van der Waals surface area (Å²) in [6, 6.07) is 12.7. The Morgan fingerprint density at radius 1 is 1.14 bits per heavy atom. The van der Waals surface area contributed by atoms with Gasteiger partial charge in [-0.2, -0.15) is 0 Å². The van der Waals surface area contributed by atoms with E-state index in [0.29, 0.717) is 35.5 Å². The van der Waals surface area contributed by atoms with E-state index in [1.165, 1.54) is 0 Å². The maximum atomic E-state index is 12.2. The average Bonchev–Trinajstić information content (AvgIpc) is 3.46. The number of nitrogen functional groups attached to an aromatic ring is 1. The number of ketones is 1. The highest BCUT2D eigenvalue weighted by molar-refractivity contribution is 6.34. The number of amidine groups is 1. The molecule has 1 saturated heterocycles. The Balaban J connectivity index is 0.00000216. The molecule has 1 aromatic heterocycles. The Bertz CT molecular complexity index is 1210. The number of aryl methyl sites for hydroxylation is 2. The van der Waals surface area contributed by atoms with Gasteiger partial charge >= 0.3 is 5.97 Å². The molecule has 0 unspecified atom stereocenters. The van der Waals surface area contributed by atoms with Crippen molar-refractivity contribution in [3.05, 3.63) is 59.4 Å². The van der Waals surface area contributed by atoms with Gasteiger partial charge in [-0.25, -0.2) is 4.79 Å². The number of ether oxygens (including phenoxy) is 2. The number of carbonyl (C=O) groups excluding carboxylic acids is 2. The van der Waals surface area contributed by atoms with Crippen LogP contribution in [0.15, 0.2) is 46.9 Å². The fourth-order valence-electron chi connectivity index (χ4n) is 3.78. The highest BCUT2D eigenvalue weighted by Gasteiger charge is 2.20. The third kappa shape index (κ3) is 6.97. The second kappa shape index (κ2) is 12.6. The lowest BCUT2D eigenvalue weighted by molar-refractivity contribution is -0.147. The Morgan fingerprint density at radius 2 is 1.94 bits per heavy atom. The molecule has 4 rings (SSSR count). The van der Waals surface area contributed by atoms with E-state index in [4.69, 9.17) is 25.0 Å². The normalized spacial score (nSPS) is 14.6. The van der Waals surface area contributed by atoms with E-state index >= 15 is 0 Å². The summed E-state index contributed by atoms with van der Waals surface area (Å²) in [5, 5.41) is 11.7. The molecule has 2 heterocycles. The van der Waals surface area contributed by atoms with Crippen molar-refractivity contribution in [3.8, 4) is 11.5 Å². The second-order valence-electron chi connectivity index (χ2n) is 8.05. The summed E-state index contributed by atoms with van der Waals surface area (Å²) in [5.74, 6) is 0.220. The number of hydrogen-bond acceptors (Lipinski definition) is 7. The van der Waals surface area contributed by atoms with Gasteiger partial charge in [0.25, 0.3) is 0 Å². The molecular formula is C25H29Cl2N3O5. The SMILES string of the molecule is CCC(=O)C(=O)Oc1cc(O[C@H]2CCNC2)ccc1CCc1cc2cc(C(=N)N)ccc2o1.Cl.Cl. The minimum Gasteiger partial charge on any atom is -0.489 e. The summed E-state index contributed by atoms with van der Waals surface area (Å²) in [6.07, 6.45) is 2.14. The molecule has 188 valence electrons. The number of esters is 1. The summed E-state index contributed by atoms with van der Waals surface area (Å²) < 4.78 is 17.3. The molecule has 10 heteroatoms. The molecule has 0 bridgehead atoms. The van der Waals surface area contributed by atoms with Crippen molar-refractivity contribution < 1.29 is 23.5 Å². The van der Waals surface area contributed by atoms with Crippen molar-refractivity contribution in [1.29, 1.82) is 5.41 Å². The first-order chi connectivity index (χ1) is 15.9. The Kier molecular flexibility index (Phi) is 10.1. The number of nitrogens with two attached hydrogens (primary N) is 1. The monoisotopic (exact) mass is 521 g/mol. The van der Waals surface area contributed by atoms with E-state index < -0.39 is 11.8 Å². The van der Waals surface area contributed by atoms with Crippen molar-refractivity contribution in [3.63, 3.8) is 0 Å². The summed E-state index contributed by atoms with van der Waals surface area (Å²) in [7, 11) is 0. The molecule has 0 saturated carbocycles. The first-order valence-corrected chi connectivity index (χ1v) is 11.0. The lowest BCUT2D eigenvalue weighted by Crippen LogP contribution is -2.21. The maximum absolute atomic E-state index is 12.2. The zero-order chi connectivity index (χ0) is 23.4. The Hall–Kier alpha value is -3.07. The fourth-order valence-corrected chi connectivity index (χ4v) is 3.78. The van der Waals surface area contributed by atoms with Crippen LogP contribution >= 0.6 is 24.8 Å². The number of carbonyl (C=O) groups is 2. The van der Waals surface area contributed by atoms with Gasteiger partial charge in [0, 0.05) is 36.4 Å². The summed E-state index contributed by atoms with van der Waals surface area (Å²) in [4.78, 5) is 24.0. The number of rotatable bonds is 9. The summed E-state index contributed by atoms with van der Waals surface area (Å²) in [6.45, 7) is 3.29. The number of halogens is 2. The molecule has 8 nitrogen and oxygen atoms in total. The minimum atomic E-state index is -0.876. The van der Waals surface area contributed by atoms with E-state index in [-0.39, 0.29) is 43.2 Å². The van der Waals surface area contributed by atoms with Gasteiger partial charge in [-0.15, -0.1) is 24.8 Å². The number of furan rings is 1. The van der Waals surface area contributed by atoms with Crippen LogP contribution in [0.2, 0.25) is 0 Å². The quantitative estimate of drug-likeness (QED) is 0.128. The predicted molar refractivity (Wildman–Crippen MR) is 138 cm³/mol. The first kappa shape index (κ1) is 28.2. The van der Waals surface area contributed by atoms with E-state index in [9.17, 15) is 9.59 Å². The van der Waals surface area contributed by atoms with Gasteiger partial charge in [0.2, 0.25) is 5.78 Å². The molecule has 3 aromatic rings. The number of hydrogen-bond donors (Lipinski definition) is 3. The van der Waals surface area contributed by atoms with Crippen LogP contribution in [0.1, 0.15) is 36.7 Å². The van der Waals surface area contributed by atoms with Crippen LogP contribution in [0, 0.1) is 5.41 Å². The zero-order valence-corrected chi connectivity index (χ0v) is 20.9. The third-order valence-corrected chi connectivity index (χ3v) is 5.63. The van der Waals surface area contributed by atoms with E-state index in [1.807, 2.05) is 24.3 Å². The van der Waals surface area contributed by atoms with E-state index in [1.54, 1.807) is 25.1 Å². The average molecular weight is 522 g/mol. The summed E-state index contributed by atoms with van der Waals surface area (Å²) in [5.41, 5.74) is 7.69. The molecule has 2 aromatic carbocycles. The van der Waals surface area contributed by atoms with Gasteiger partial charge in [-0.1, -0.05) is 13.0 Å². The van der Waals surface area contributed by atoms with Gasteiger partial charge in [0.15, 0.2) is 0 Å². The molecule has 1 atom stereocenters. The Morgan fingerprint density at radius 3 is 2.63 bits per heavy atom. The largest absolute Gasteiger partial charge is 0.489 e. The number of benzene rings is 2. The highest BCUT2D eigenvalue weighted by atomic mass is 35.5. The van der Waals surface area contributed by atoms with Gasteiger partial charge in [0.1, 0.15) is 34.8 Å². The molecule has 0 aliphatic carbocycles. The van der Waals surface area contributed by atoms with Gasteiger partial charge in [-0.05, 0) is 55.3 Å². The molecule has 0 spiro atoms. The smallest absolute Gasteiger partial charge is 0.379 e. The van der Waals surface area contributed by atoms with Crippen molar-refractivity contribution in [1.82, 2.24) is 5.32 Å². The molecule has 1 aliphatic heterocycles. The van der Waals surface area contributed by atoms with Gasteiger partial charge in [-0.3, -0.25) is 10.2 Å². The van der Waals surface area contributed by atoms with Gasteiger partial charge in [0.05, 0.1) is 0 Å². The van der Waals surface area contributed by atoms with Crippen LogP contribution in [0.5, 0.6) is 11.5 Å². The molecule has 1 aliphatic rings. The second-order valence-corrected chi connectivity index (χ2v) is 8.05. The Labute approximate surface area is 215 Å². The molecule has 1 fully saturated rings. The van der Waals surface area contributed by atoms with Crippen LogP contribution in [-0.4, -0.2) is 36.8 Å². The predicted octanol–water partition coefficient (Wildman–Crippen LogP) is 3.97. The zero-order valence-electron chi connectivity index (χ0n) is 19.3. The van der Waals surface area contributed by atoms with Crippen LogP contribution < -0.4 is 20.5 Å². The maximum Gasteiger partial charge on any atom is 0.379 e. The first-order valence-electron chi connectivity index (χ1n) is 11.0. The topological polar surface area (TPSA) is 128 Å². The third-order valence-electron chi connectivity index (χ3n) is 5.63. The highest BCUT2D eigenvalue weighted by Crippen LogP contribution is 2.29. The van der Waals surface area contributed by atoms with Crippen molar-refractivity contribution in [2.75, 3.05) is 13.1 Å². The number of fused-ring (bicyclic) bond motifs is 1. The molecule has 0 amide bonds. The molecule has 35 heavy (non-hydrogen) atoms. The van der Waals surface area contributed by atoms with Crippen molar-refractivity contribution in [2.24, 2.45) is 5.73 Å². The van der Waals surface area contributed by atoms with Crippen LogP contribution in [-0.2, 0) is 22.4 Å². The fraction of sp³-hybridized carbons (Fsp3) is 0.320. The van der Waals surface area contributed by atoms with Gasteiger partial charge < -0.3 is 24.9 Å². The summed E-state index contributed by atoms with van der Waals surface area (Å²) >= 11 is 0. The lowest BCUT2D eigenvalue weighted by Gasteiger charge is -2.15. The molecule has 0 radical (unpaired) electrons. The van der Waals surface area contributed by atoms with Crippen molar-refractivity contribution >= 4 is 53.4 Å². The van der Waals surface area contributed by atoms with Crippen LogP contribution in [0.4, 0.5) is 0 Å². The van der Waals surface area contributed by atoms with E-state index in [0.717, 1.165) is 36.2 Å².